The van der Waals surface area contributed by atoms with Crippen molar-refractivity contribution in [3.8, 4) is 0 Å². The molecular formula is C28H55N5O3Si3. The maximum Gasteiger partial charge on any atom is 0.192 e. The molecule has 2 N–H and O–H groups in total. The molecule has 3 rings (SSSR count). The molecule has 4 atom stereocenters. The van der Waals surface area contributed by atoms with Gasteiger partial charge in [-0.15, -0.1) is 0 Å². The number of nitrogens with zero attached hydrogens (tertiary/aromatic N) is 4. The van der Waals surface area contributed by atoms with Crippen LogP contribution in [0.5, 0.6) is 0 Å². The first kappa shape index (κ1) is 32.4. The fourth-order valence-corrected chi connectivity index (χ4v) is 8.30. The Morgan fingerprint density at radius 2 is 1.18 bits per heavy atom. The molecule has 0 amide bonds. The normalized spacial score (nSPS) is 24.1. The minimum atomic E-state index is -2.19. The molecule has 8 nitrogen and oxygen atoms in total. The summed E-state index contributed by atoms with van der Waals surface area (Å²) >= 11 is 0. The summed E-state index contributed by atoms with van der Waals surface area (Å²) in [4.78, 5) is 13.4. The van der Waals surface area contributed by atoms with Crippen LogP contribution in [0.1, 0.15) is 74.8 Å². The third-order valence-electron chi connectivity index (χ3n) is 10.0. The number of anilines is 1. The van der Waals surface area contributed by atoms with E-state index >= 15 is 0 Å². The van der Waals surface area contributed by atoms with Gasteiger partial charge in [0.2, 0.25) is 0 Å². The van der Waals surface area contributed by atoms with Crippen LogP contribution in [0.25, 0.3) is 11.2 Å². The molecule has 39 heavy (non-hydrogen) atoms. The number of nitrogen functional groups attached to an aromatic ring is 1. The van der Waals surface area contributed by atoms with Gasteiger partial charge in [-0.05, 0) is 60.8 Å². The van der Waals surface area contributed by atoms with Crippen LogP contribution in [-0.2, 0) is 13.3 Å². The number of aromatic nitrogens is 4. The van der Waals surface area contributed by atoms with Gasteiger partial charge in [0.1, 0.15) is 11.8 Å². The van der Waals surface area contributed by atoms with E-state index in [9.17, 15) is 0 Å². The molecule has 1 saturated carbocycles. The molecule has 0 saturated heterocycles. The second-order valence-electron chi connectivity index (χ2n) is 16.0. The zero-order chi connectivity index (χ0) is 30.0. The minimum absolute atomic E-state index is 0.0427. The Kier molecular flexibility index (Phi) is 8.56. The molecule has 11 heteroatoms. The predicted molar refractivity (Wildman–Crippen MR) is 170 cm³/mol. The third kappa shape index (κ3) is 6.38. The smallest absolute Gasteiger partial charge is 0.192 e. The molecular weight excluding hydrogens is 539 g/mol. The molecule has 2 aromatic rings. The van der Waals surface area contributed by atoms with Crippen LogP contribution in [-0.4, -0.2) is 62.8 Å². The Labute approximate surface area is 240 Å². The predicted octanol–water partition coefficient (Wildman–Crippen LogP) is 7.52. The fraction of sp³-hybridized carbons (Fsp3) is 0.821. The molecule has 2 heterocycles. The van der Waals surface area contributed by atoms with Crippen molar-refractivity contribution >= 4 is 41.9 Å². The van der Waals surface area contributed by atoms with Crippen LogP contribution in [0.15, 0.2) is 12.7 Å². The van der Waals surface area contributed by atoms with Gasteiger partial charge in [0.15, 0.2) is 36.4 Å². The van der Waals surface area contributed by atoms with E-state index in [1.807, 2.05) is 6.33 Å². The van der Waals surface area contributed by atoms with E-state index in [2.05, 4.69) is 121 Å². The van der Waals surface area contributed by atoms with Crippen molar-refractivity contribution in [2.24, 2.45) is 0 Å². The number of hydrogen-bond acceptors (Lipinski definition) is 7. The van der Waals surface area contributed by atoms with Crippen LogP contribution in [0.3, 0.4) is 0 Å². The number of nitrogens with two attached hydrogens (primary N) is 1. The maximum absolute atomic E-state index is 7.33. The molecule has 0 radical (unpaired) electrons. The Balaban J connectivity index is 2.20. The van der Waals surface area contributed by atoms with Crippen LogP contribution >= 0.6 is 0 Å². The van der Waals surface area contributed by atoms with Crippen molar-refractivity contribution in [3.05, 3.63) is 12.7 Å². The van der Waals surface area contributed by atoms with Gasteiger partial charge in [0.05, 0.1) is 30.7 Å². The molecule has 1 fully saturated rings. The highest BCUT2D eigenvalue weighted by Crippen LogP contribution is 2.49. The summed E-state index contributed by atoms with van der Waals surface area (Å²) in [6.45, 7) is 34.6. The van der Waals surface area contributed by atoms with Crippen molar-refractivity contribution < 1.29 is 13.3 Å². The molecule has 1 aliphatic carbocycles. The molecule has 222 valence electrons. The number of hydrogen-bond donors (Lipinski definition) is 1. The van der Waals surface area contributed by atoms with E-state index in [1.54, 1.807) is 0 Å². The van der Waals surface area contributed by atoms with E-state index in [0.717, 1.165) is 12.1 Å². The van der Waals surface area contributed by atoms with Gasteiger partial charge in [0.25, 0.3) is 0 Å². The summed E-state index contributed by atoms with van der Waals surface area (Å²) in [5.74, 6) is 0.391. The standard InChI is InChI=1S/C28H55N5O3Si3/c1-26(2,3)37(10,11)34-20-16-19(33-18-32-21-24(29)30-17-31-25(21)33)22(35-38(12,13)27(4,5)6)23(20)36-39(14,15)28(7,8)9/h17-20,22-23H,16H2,1-15H3,(H2,29,30,31)/t19-,20+,22+,23-/m1/s1. The monoisotopic (exact) mass is 593 g/mol. The van der Waals surface area contributed by atoms with Crippen LogP contribution in [0, 0.1) is 0 Å². The highest BCUT2D eigenvalue weighted by atomic mass is 28.4. The lowest BCUT2D eigenvalue weighted by Crippen LogP contribution is -2.55. The van der Waals surface area contributed by atoms with Gasteiger partial charge in [-0.25, -0.2) is 15.0 Å². The van der Waals surface area contributed by atoms with Gasteiger partial charge in [-0.3, -0.25) is 0 Å². The first-order valence-corrected chi connectivity index (χ1v) is 23.1. The highest BCUT2D eigenvalue weighted by Gasteiger charge is 2.55. The minimum Gasteiger partial charge on any atom is -0.411 e. The average molecular weight is 594 g/mol. The molecule has 0 aromatic carbocycles. The van der Waals surface area contributed by atoms with Crippen molar-refractivity contribution in [2.75, 3.05) is 5.73 Å². The summed E-state index contributed by atoms with van der Waals surface area (Å²) < 4.78 is 24.0. The van der Waals surface area contributed by atoms with Crippen LogP contribution < -0.4 is 5.73 Å². The molecule has 2 aromatic heterocycles. The lowest BCUT2D eigenvalue weighted by Gasteiger charge is -2.46. The first-order valence-electron chi connectivity index (χ1n) is 14.4. The zero-order valence-electron chi connectivity index (χ0n) is 27.3. The van der Waals surface area contributed by atoms with E-state index in [-0.39, 0.29) is 39.5 Å². The molecule has 0 aliphatic heterocycles. The maximum atomic E-state index is 7.33. The van der Waals surface area contributed by atoms with E-state index in [4.69, 9.17) is 19.0 Å². The van der Waals surface area contributed by atoms with Crippen LogP contribution in [0.2, 0.25) is 54.4 Å². The number of imidazole rings is 1. The quantitative estimate of drug-likeness (QED) is 0.331. The summed E-state index contributed by atoms with van der Waals surface area (Å²) in [6.07, 6.45) is 3.62. The topological polar surface area (TPSA) is 97.3 Å². The van der Waals surface area contributed by atoms with Crippen molar-refractivity contribution in [3.63, 3.8) is 0 Å². The number of fused-ring (bicyclic) bond motifs is 1. The lowest BCUT2D eigenvalue weighted by atomic mass is 10.2. The second kappa shape index (κ2) is 10.3. The largest absolute Gasteiger partial charge is 0.411 e. The molecule has 0 bridgehead atoms. The summed E-state index contributed by atoms with van der Waals surface area (Å²) in [7, 11) is -6.48. The Morgan fingerprint density at radius 3 is 1.67 bits per heavy atom. The van der Waals surface area contributed by atoms with E-state index < -0.39 is 25.0 Å². The average Bonchev–Trinajstić information content (AvgIpc) is 3.28. The zero-order valence-corrected chi connectivity index (χ0v) is 30.3. The molecule has 0 spiro atoms. The fourth-order valence-electron chi connectivity index (χ4n) is 4.31. The Bertz CT molecular complexity index is 1160. The van der Waals surface area contributed by atoms with Gasteiger partial charge >= 0.3 is 0 Å². The van der Waals surface area contributed by atoms with Gasteiger partial charge in [-0.2, -0.15) is 0 Å². The molecule has 0 unspecified atom stereocenters. The van der Waals surface area contributed by atoms with Crippen molar-refractivity contribution in [2.45, 2.75) is 147 Å². The second-order valence-corrected chi connectivity index (χ2v) is 30.3. The SMILES string of the molecule is CC(C)(C)[Si](C)(C)O[C@@H]1[C@H](O[Si](C)(C)C(C)(C)C)[C@@H](O[Si](C)(C)C(C)(C)C)C[C@H]1n1cnc2c(N)ncnc21. The van der Waals surface area contributed by atoms with Gasteiger partial charge in [0, 0.05) is 0 Å². The highest BCUT2D eigenvalue weighted by molar-refractivity contribution is 6.75. The van der Waals surface area contributed by atoms with Gasteiger partial charge < -0.3 is 23.6 Å². The first-order chi connectivity index (χ1) is 17.4. The molecule has 1 aliphatic rings. The van der Waals surface area contributed by atoms with E-state index in [0.29, 0.717) is 11.3 Å². The summed E-state index contributed by atoms with van der Waals surface area (Å²) in [6, 6.07) is -0.0528. The van der Waals surface area contributed by atoms with Crippen molar-refractivity contribution in [1.82, 2.24) is 19.5 Å². The van der Waals surface area contributed by atoms with E-state index in [1.165, 1.54) is 6.33 Å². The van der Waals surface area contributed by atoms with Gasteiger partial charge in [-0.1, -0.05) is 62.3 Å². The Morgan fingerprint density at radius 1 is 0.718 bits per heavy atom. The third-order valence-corrected chi connectivity index (χ3v) is 23.5. The summed E-state index contributed by atoms with van der Waals surface area (Å²) in [5.41, 5.74) is 7.55. The lowest BCUT2D eigenvalue weighted by molar-refractivity contribution is -0.00648. The van der Waals surface area contributed by atoms with Crippen LogP contribution in [0.4, 0.5) is 5.82 Å². The van der Waals surface area contributed by atoms with Crippen molar-refractivity contribution in [1.29, 1.82) is 0 Å². The number of rotatable bonds is 7. The Hall–Kier alpha value is -1.12. The summed E-state index contributed by atoms with van der Waals surface area (Å²) in [5, 5.41) is 0.171.